The molecule has 0 bridgehead atoms. The minimum Gasteiger partial charge on any atom is -0.376 e. The Morgan fingerprint density at radius 2 is 1.93 bits per heavy atom. The molecule has 0 aromatic carbocycles. The molecule has 2 fully saturated rings. The highest BCUT2D eigenvalue weighted by atomic mass is 16.5. The van der Waals surface area contributed by atoms with Crippen LogP contribution in [0.4, 0.5) is 0 Å². The monoisotopic (exact) mass is 213 g/mol. The highest BCUT2D eigenvalue weighted by molar-refractivity contribution is 4.77. The van der Waals surface area contributed by atoms with Crippen molar-refractivity contribution in [1.82, 2.24) is 0 Å². The first kappa shape index (κ1) is 11.4. The first-order valence-electron chi connectivity index (χ1n) is 6.35. The van der Waals surface area contributed by atoms with E-state index < -0.39 is 0 Å². The topological polar surface area (TPSA) is 44.5 Å². The predicted octanol–water partition coefficient (Wildman–Crippen LogP) is 1.84. The van der Waals surface area contributed by atoms with Gasteiger partial charge < -0.3 is 15.2 Å². The molecule has 3 atom stereocenters. The largest absolute Gasteiger partial charge is 0.376 e. The molecular weight excluding hydrogens is 190 g/mol. The van der Waals surface area contributed by atoms with Crippen LogP contribution in [0, 0.1) is 0 Å². The van der Waals surface area contributed by atoms with Gasteiger partial charge in [-0.1, -0.05) is 19.3 Å². The Labute approximate surface area is 92.3 Å². The summed E-state index contributed by atoms with van der Waals surface area (Å²) in [6.45, 7) is 1.66. The van der Waals surface area contributed by atoms with Crippen molar-refractivity contribution < 1.29 is 9.47 Å². The van der Waals surface area contributed by atoms with Crippen molar-refractivity contribution >= 4 is 0 Å². The Hall–Kier alpha value is -0.120. The van der Waals surface area contributed by atoms with Crippen molar-refractivity contribution in [1.29, 1.82) is 0 Å². The normalized spacial score (nSPS) is 37.8. The van der Waals surface area contributed by atoms with Gasteiger partial charge in [-0.05, 0) is 25.7 Å². The standard InChI is InChI=1S/C12H23NO2/c13-11-6-2-1-3-7-12(11)15-9-10-5-4-8-14-10/h10-12H,1-9,13H2. The fourth-order valence-corrected chi connectivity index (χ4v) is 2.52. The molecule has 0 aromatic rings. The van der Waals surface area contributed by atoms with Crippen LogP contribution in [0.25, 0.3) is 0 Å². The van der Waals surface area contributed by atoms with E-state index in [1.807, 2.05) is 0 Å². The third kappa shape index (κ3) is 3.44. The summed E-state index contributed by atoms with van der Waals surface area (Å²) in [6, 6.07) is 0.244. The molecule has 88 valence electrons. The van der Waals surface area contributed by atoms with Crippen LogP contribution in [0.5, 0.6) is 0 Å². The maximum Gasteiger partial charge on any atom is 0.0809 e. The van der Waals surface area contributed by atoms with E-state index in [9.17, 15) is 0 Å². The van der Waals surface area contributed by atoms with Crippen molar-refractivity contribution in [2.45, 2.75) is 63.2 Å². The molecule has 1 saturated heterocycles. The summed E-state index contributed by atoms with van der Waals surface area (Å²) >= 11 is 0. The average Bonchev–Trinajstić information content (AvgIpc) is 2.67. The van der Waals surface area contributed by atoms with E-state index in [0.717, 1.165) is 32.5 Å². The molecule has 0 radical (unpaired) electrons. The SMILES string of the molecule is NC1CCCCCC1OCC1CCCO1. The number of hydrogen-bond donors (Lipinski definition) is 1. The zero-order chi connectivity index (χ0) is 10.5. The lowest BCUT2D eigenvalue weighted by Gasteiger charge is -2.23. The number of rotatable bonds is 3. The van der Waals surface area contributed by atoms with Crippen molar-refractivity contribution in [2.24, 2.45) is 5.73 Å². The van der Waals surface area contributed by atoms with Gasteiger partial charge in [0.05, 0.1) is 18.8 Å². The summed E-state index contributed by atoms with van der Waals surface area (Å²) < 4.78 is 11.5. The lowest BCUT2D eigenvalue weighted by atomic mass is 10.1. The third-order valence-electron chi connectivity index (χ3n) is 3.52. The van der Waals surface area contributed by atoms with E-state index in [0.29, 0.717) is 6.10 Å². The van der Waals surface area contributed by atoms with Gasteiger partial charge in [0.25, 0.3) is 0 Å². The Morgan fingerprint density at radius 3 is 2.73 bits per heavy atom. The maximum absolute atomic E-state index is 6.10. The Kier molecular flexibility index (Phi) is 4.42. The van der Waals surface area contributed by atoms with Crippen LogP contribution < -0.4 is 5.73 Å². The molecule has 1 heterocycles. The predicted molar refractivity (Wildman–Crippen MR) is 59.8 cm³/mol. The average molecular weight is 213 g/mol. The molecule has 1 saturated carbocycles. The Bertz CT molecular complexity index is 180. The van der Waals surface area contributed by atoms with Gasteiger partial charge in [-0.2, -0.15) is 0 Å². The van der Waals surface area contributed by atoms with Crippen molar-refractivity contribution in [3.63, 3.8) is 0 Å². The van der Waals surface area contributed by atoms with Crippen LogP contribution in [0.2, 0.25) is 0 Å². The molecule has 15 heavy (non-hydrogen) atoms. The molecule has 3 unspecified atom stereocenters. The summed E-state index contributed by atoms with van der Waals surface area (Å²) in [7, 11) is 0. The van der Waals surface area contributed by atoms with Crippen LogP contribution in [0.15, 0.2) is 0 Å². The van der Waals surface area contributed by atoms with Crippen LogP contribution in [0.1, 0.15) is 44.9 Å². The summed E-state index contributed by atoms with van der Waals surface area (Å²) in [5.74, 6) is 0. The van der Waals surface area contributed by atoms with Gasteiger partial charge in [0.1, 0.15) is 0 Å². The number of ether oxygens (including phenoxy) is 2. The fourth-order valence-electron chi connectivity index (χ4n) is 2.52. The Morgan fingerprint density at radius 1 is 1.07 bits per heavy atom. The molecule has 2 aliphatic rings. The van der Waals surface area contributed by atoms with Gasteiger partial charge >= 0.3 is 0 Å². The minimum atomic E-state index is 0.244. The quantitative estimate of drug-likeness (QED) is 0.728. The van der Waals surface area contributed by atoms with E-state index in [1.54, 1.807) is 0 Å². The molecule has 3 heteroatoms. The van der Waals surface area contributed by atoms with E-state index in [4.69, 9.17) is 15.2 Å². The molecule has 0 amide bonds. The first-order chi connectivity index (χ1) is 7.36. The second-order valence-corrected chi connectivity index (χ2v) is 4.81. The zero-order valence-corrected chi connectivity index (χ0v) is 9.49. The molecule has 1 aliphatic carbocycles. The summed E-state index contributed by atoms with van der Waals surface area (Å²) in [4.78, 5) is 0. The lowest BCUT2D eigenvalue weighted by Crippen LogP contribution is -2.37. The van der Waals surface area contributed by atoms with Crippen molar-refractivity contribution in [3.8, 4) is 0 Å². The maximum atomic E-state index is 6.10. The smallest absolute Gasteiger partial charge is 0.0809 e. The van der Waals surface area contributed by atoms with Crippen molar-refractivity contribution in [2.75, 3.05) is 13.2 Å². The van der Waals surface area contributed by atoms with E-state index in [1.165, 1.54) is 25.7 Å². The molecule has 0 aromatic heterocycles. The van der Waals surface area contributed by atoms with Crippen LogP contribution >= 0.6 is 0 Å². The Balaban J connectivity index is 1.71. The van der Waals surface area contributed by atoms with Gasteiger partial charge in [0.2, 0.25) is 0 Å². The van der Waals surface area contributed by atoms with Gasteiger partial charge in [0.15, 0.2) is 0 Å². The summed E-state index contributed by atoms with van der Waals surface area (Å²) in [5.41, 5.74) is 6.10. The number of nitrogens with two attached hydrogens (primary N) is 1. The third-order valence-corrected chi connectivity index (χ3v) is 3.52. The second-order valence-electron chi connectivity index (χ2n) is 4.81. The van der Waals surface area contributed by atoms with E-state index in [2.05, 4.69) is 0 Å². The van der Waals surface area contributed by atoms with Crippen LogP contribution in [0.3, 0.4) is 0 Å². The minimum absolute atomic E-state index is 0.244. The van der Waals surface area contributed by atoms with Gasteiger partial charge in [-0.25, -0.2) is 0 Å². The first-order valence-corrected chi connectivity index (χ1v) is 6.35. The van der Waals surface area contributed by atoms with E-state index >= 15 is 0 Å². The van der Waals surface area contributed by atoms with Gasteiger partial charge in [0, 0.05) is 12.6 Å². The van der Waals surface area contributed by atoms with Gasteiger partial charge in [-0.15, -0.1) is 0 Å². The second kappa shape index (κ2) is 5.83. The number of hydrogen-bond acceptors (Lipinski definition) is 3. The summed E-state index contributed by atoms with van der Waals surface area (Å²) in [6.07, 6.45) is 9.05. The fraction of sp³-hybridized carbons (Fsp3) is 1.00. The molecular formula is C12H23NO2. The molecule has 1 aliphatic heterocycles. The van der Waals surface area contributed by atoms with Crippen LogP contribution in [-0.4, -0.2) is 31.5 Å². The molecule has 2 N–H and O–H groups in total. The molecule has 3 nitrogen and oxygen atoms in total. The van der Waals surface area contributed by atoms with Crippen molar-refractivity contribution in [3.05, 3.63) is 0 Å². The molecule has 2 rings (SSSR count). The summed E-state index contributed by atoms with van der Waals surface area (Å²) in [5, 5.41) is 0. The lowest BCUT2D eigenvalue weighted by molar-refractivity contribution is -0.0312. The van der Waals surface area contributed by atoms with Crippen LogP contribution in [-0.2, 0) is 9.47 Å². The van der Waals surface area contributed by atoms with Gasteiger partial charge in [-0.3, -0.25) is 0 Å². The van der Waals surface area contributed by atoms with E-state index in [-0.39, 0.29) is 12.1 Å². The highest BCUT2D eigenvalue weighted by Crippen LogP contribution is 2.21. The molecule has 0 spiro atoms. The zero-order valence-electron chi connectivity index (χ0n) is 9.49. The highest BCUT2D eigenvalue weighted by Gasteiger charge is 2.23.